The largest absolute Gasteiger partial charge is 0.711 e. The van der Waals surface area contributed by atoms with Crippen molar-refractivity contribution >= 4 is 11.0 Å². The molecule has 2 heterocycles. The van der Waals surface area contributed by atoms with E-state index in [1.807, 2.05) is 24.3 Å². The van der Waals surface area contributed by atoms with Gasteiger partial charge in [0.05, 0.1) is 6.20 Å². The minimum Gasteiger partial charge on any atom is -0.711 e. The van der Waals surface area contributed by atoms with E-state index in [9.17, 15) is 5.21 Å². The lowest BCUT2D eigenvalue weighted by Gasteiger charge is -2.04. The molecular formula is C11H8N4O. The van der Waals surface area contributed by atoms with Gasteiger partial charge in [0.25, 0.3) is 0 Å². The highest BCUT2D eigenvalue weighted by atomic mass is 16.5. The summed E-state index contributed by atoms with van der Waals surface area (Å²) in [6.45, 7) is 0. The van der Waals surface area contributed by atoms with Crippen molar-refractivity contribution in [2.24, 2.45) is 0 Å². The number of rotatable bonds is 1. The molecule has 0 fully saturated rings. The van der Waals surface area contributed by atoms with Gasteiger partial charge < -0.3 is 5.21 Å². The number of hydrogen-bond acceptors (Lipinski definition) is 3. The van der Waals surface area contributed by atoms with Crippen LogP contribution in [0.4, 0.5) is 0 Å². The molecule has 0 aliphatic heterocycles. The van der Waals surface area contributed by atoms with Crippen LogP contribution in [0, 0.1) is 5.21 Å². The Kier molecular flexibility index (Phi) is 1.83. The Bertz CT molecular complexity index is 647. The van der Waals surface area contributed by atoms with Gasteiger partial charge in [-0.1, -0.05) is 22.9 Å². The van der Waals surface area contributed by atoms with Gasteiger partial charge in [-0.15, -0.1) is 5.10 Å². The molecule has 0 spiro atoms. The van der Waals surface area contributed by atoms with E-state index in [1.165, 1.54) is 10.9 Å². The maximum Gasteiger partial charge on any atom is 0.312 e. The summed E-state index contributed by atoms with van der Waals surface area (Å²) < 4.78 is 2.30. The fourth-order valence-electron chi connectivity index (χ4n) is 1.62. The predicted molar refractivity (Wildman–Crippen MR) is 57.8 cm³/mol. The van der Waals surface area contributed by atoms with Crippen LogP contribution in [0.2, 0.25) is 0 Å². The first-order chi connectivity index (χ1) is 7.86. The van der Waals surface area contributed by atoms with E-state index in [-0.39, 0.29) is 0 Å². The lowest BCUT2D eigenvalue weighted by atomic mass is 10.3. The van der Waals surface area contributed by atoms with Crippen LogP contribution in [0.15, 0.2) is 48.7 Å². The molecule has 1 aromatic carbocycles. The van der Waals surface area contributed by atoms with Crippen molar-refractivity contribution in [3.8, 4) is 5.82 Å². The SMILES string of the molecule is [O-][n+]1ccccc1-n1nnc2ccccc21. The van der Waals surface area contributed by atoms with Gasteiger partial charge in [0.2, 0.25) is 0 Å². The van der Waals surface area contributed by atoms with Crippen molar-refractivity contribution < 1.29 is 4.73 Å². The number of pyridine rings is 1. The molecule has 3 rings (SSSR count). The van der Waals surface area contributed by atoms with Crippen LogP contribution in [0.1, 0.15) is 0 Å². The lowest BCUT2D eigenvalue weighted by molar-refractivity contribution is -0.600. The van der Waals surface area contributed by atoms with Gasteiger partial charge >= 0.3 is 5.82 Å². The zero-order valence-corrected chi connectivity index (χ0v) is 8.32. The first kappa shape index (κ1) is 8.84. The molecular weight excluding hydrogens is 204 g/mol. The summed E-state index contributed by atoms with van der Waals surface area (Å²) in [6, 6.07) is 12.7. The summed E-state index contributed by atoms with van der Waals surface area (Å²) in [5, 5.41) is 19.6. The van der Waals surface area contributed by atoms with E-state index in [0.717, 1.165) is 15.8 Å². The Labute approximate surface area is 91.1 Å². The quantitative estimate of drug-likeness (QED) is 0.447. The molecule has 0 radical (unpaired) electrons. The van der Waals surface area contributed by atoms with Crippen molar-refractivity contribution in [3.05, 3.63) is 53.9 Å². The smallest absolute Gasteiger partial charge is 0.312 e. The second-order valence-electron chi connectivity index (χ2n) is 3.37. The standard InChI is InChI=1S/C11H8N4O/c16-14-8-4-3-7-11(14)15-10-6-2-1-5-9(10)12-13-15/h1-8H. The summed E-state index contributed by atoms with van der Waals surface area (Å²) in [5.41, 5.74) is 1.59. The van der Waals surface area contributed by atoms with Gasteiger partial charge in [0, 0.05) is 11.3 Å². The molecule has 5 heteroatoms. The molecule has 0 saturated heterocycles. The summed E-state index contributed by atoms with van der Waals surface area (Å²) in [7, 11) is 0. The average Bonchev–Trinajstić information content (AvgIpc) is 2.74. The molecule has 0 amide bonds. The van der Waals surface area contributed by atoms with Gasteiger partial charge in [-0.25, -0.2) is 4.73 Å². The van der Waals surface area contributed by atoms with E-state index in [0.29, 0.717) is 5.82 Å². The third-order valence-electron chi connectivity index (χ3n) is 2.37. The van der Waals surface area contributed by atoms with Crippen molar-refractivity contribution in [3.63, 3.8) is 0 Å². The van der Waals surface area contributed by atoms with Gasteiger partial charge in [-0.05, 0) is 18.2 Å². The fourth-order valence-corrected chi connectivity index (χ4v) is 1.62. The number of para-hydroxylation sites is 1. The van der Waals surface area contributed by atoms with Crippen LogP contribution in [-0.4, -0.2) is 15.0 Å². The summed E-state index contributed by atoms with van der Waals surface area (Å²) >= 11 is 0. The van der Waals surface area contributed by atoms with Crippen LogP contribution in [0.25, 0.3) is 16.9 Å². The van der Waals surface area contributed by atoms with E-state index in [2.05, 4.69) is 10.3 Å². The van der Waals surface area contributed by atoms with Crippen LogP contribution >= 0.6 is 0 Å². The van der Waals surface area contributed by atoms with E-state index >= 15 is 0 Å². The third kappa shape index (κ3) is 1.22. The number of hydrogen-bond donors (Lipinski definition) is 0. The molecule has 2 aromatic heterocycles. The van der Waals surface area contributed by atoms with Crippen molar-refractivity contribution in [2.75, 3.05) is 0 Å². The van der Waals surface area contributed by atoms with Crippen molar-refractivity contribution in [1.29, 1.82) is 0 Å². The first-order valence-corrected chi connectivity index (χ1v) is 4.85. The normalized spacial score (nSPS) is 10.8. The molecule has 0 N–H and O–H groups in total. The highest BCUT2D eigenvalue weighted by Gasteiger charge is 2.14. The van der Waals surface area contributed by atoms with Gasteiger partial charge in [-0.3, -0.25) is 0 Å². The molecule has 5 nitrogen and oxygen atoms in total. The van der Waals surface area contributed by atoms with Crippen LogP contribution in [0.3, 0.4) is 0 Å². The monoisotopic (exact) mass is 212 g/mol. The topological polar surface area (TPSA) is 57.6 Å². The molecule has 0 bridgehead atoms. The van der Waals surface area contributed by atoms with Crippen molar-refractivity contribution in [1.82, 2.24) is 15.0 Å². The average molecular weight is 212 g/mol. The number of benzene rings is 1. The molecule has 0 unspecified atom stereocenters. The fraction of sp³-hybridized carbons (Fsp3) is 0. The van der Waals surface area contributed by atoms with Crippen LogP contribution in [-0.2, 0) is 0 Å². The predicted octanol–water partition coefficient (Wildman–Crippen LogP) is 1.05. The minimum absolute atomic E-state index is 0.441. The minimum atomic E-state index is 0.441. The molecule has 0 aliphatic rings. The second kappa shape index (κ2) is 3.30. The van der Waals surface area contributed by atoms with Crippen molar-refractivity contribution in [2.45, 2.75) is 0 Å². The zero-order chi connectivity index (χ0) is 11.0. The summed E-state index contributed by atoms with van der Waals surface area (Å²) in [4.78, 5) is 0. The lowest BCUT2D eigenvalue weighted by Crippen LogP contribution is -2.31. The molecule has 0 saturated carbocycles. The summed E-state index contributed by atoms with van der Waals surface area (Å²) in [6.07, 6.45) is 1.44. The number of nitrogens with zero attached hydrogens (tertiary/aromatic N) is 4. The van der Waals surface area contributed by atoms with Gasteiger partial charge in [0.15, 0.2) is 5.52 Å². The Morgan fingerprint density at radius 3 is 2.75 bits per heavy atom. The second-order valence-corrected chi connectivity index (χ2v) is 3.37. The molecule has 3 aromatic rings. The highest BCUT2D eigenvalue weighted by Crippen LogP contribution is 2.12. The highest BCUT2D eigenvalue weighted by molar-refractivity contribution is 5.75. The maximum absolute atomic E-state index is 11.6. The van der Waals surface area contributed by atoms with Crippen LogP contribution in [0.5, 0.6) is 0 Å². The Morgan fingerprint density at radius 2 is 1.88 bits per heavy atom. The summed E-state index contributed by atoms with van der Waals surface area (Å²) in [5.74, 6) is 0.441. The van der Waals surface area contributed by atoms with Gasteiger partial charge in [-0.2, -0.15) is 0 Å². The Hall–Kier alpha value is -2.43. The van der Waals surface area contributed by atoms with Gasteiger partial charge in [0.1, 0.15) is 5.52 Å². The Morgan fingerprint density at radius 1 is 1.06 bits per heavy atom. The van der Waals surface area contributed by atoms with E-state index in [1.54, 1.807) is 18.2 Å². The third-order valence-corrected chi connectivity index (χ3v) is 2.37. The zero-order valence-electron chi connectivity index (χ0n) is 8.32. The van der Waals surface area contributed by atoms with E-state index < -0.39 is 0 Å². The molecule has 0 aliphatic carbocycles. The van der Waals surface area contributed by atoms with E-state index in [4.69, 9.17) is 0 Å². The molecule has 78 valence electrons. The molecule has 0 atom stereocenters. The number of fused-ring (bicyclic) bond motifs is 1. The Balaban J connectivity index is 2.31. The number of aromatic nitrogens is 4. The maximum atomic E-state index is 11.6. The first-order valence-electron chi connectivity index (χ1n) is 4.85. The molecule has 16 heavy (non-hydrogen) atoms. The van der Waals surface area contributed by atoms with Crippen LogP contribution < -0.4 is 4.73 Å².